The number of carbonyl (C=O) groups is 2. The Morgan fingerprint density at radius 1 is 0.756 bits per heavy atom. The van der Waals surface area contributed by atoms with E-state index in [0.29, 0.717) is 11.5 Å². The van der Waals surface area contributed by atoms with Crippen LogP contribution in [-0.2, 0) is 32.6 Å². The van der Waals surface area contributed by atoms with E-state index < -0.39 is 28.5 Å². The summed E-state index contributed by atoms with van der Waals surface area (Å²) in [6.07, 6.45) is 0.225. The van der Waals surface area contributed by atoms with Crippen LogP contribution in [-0.4, -0.2) is 58.0 Å². The van der Waals surface area contributed by atoms with Crippen LogP contribution in [0.3, 0.4) is 0 Å². The molecule has 0 bridgehead atoms. The maximum absolute atomic E-state index is 14.5. The maximum atomic E-state index is 14.5. The molecule has 0 heterocycles. The number of rotatable bonds is 14. The first kappa shape index (κ1) is 33.1. The van der Waals surface area contributed by atoms with Gasteiger partial charge in [0, 0.05) is 19.0 Å². The second-order valence-corrected chi connectivity index (χ2v) is 12.6. The molecular formula is C35H39N3O6S. The Morgan fingerprint density at radius 3 is 1.96 bits per heavy atom. The van der Waals surface area contributed by atoms with Gasteiger partial charge in [-0.05, 0) is 73.5 Å². The van der Waals surface area contributed by atoms with E-state index in [1.807, 2.05) is 50.2 Å². The van der Waals surface area contributed by atoms with Crippen LogP contribution in [0.4, 0.5) is 5.69 Å². The number of hydrogen-bond acceptors (Lipinski definition) is 6. The molecule has 0 aromatic heterocycles. The lowest BCUT2D eigenvalue weighted by Crippen LogP contribution is -2.54. The number of benzene rings is 4. The second-order valence-electron chi connectivity index (χ2n) is 10.8. The molecule has 10 heteroatoms. The van der Waals surface area contributed by atoms with Crippen molar-refractivity contribution in [2.75, 3.05) is 25.1 Å². The summed E-state index contributed by atoms with van der Waals surface area (Å²) >= 11 is 0. The van der Waals surface area contributed by atoms with Crippen LogP contribution in [0.5, 0.6) is 11.5 Å². The van der Waals surface area contributed by atoms with Crippen molar-refractivity contribution < 1.29 is 27.5 Å². The number of methoxy groups -OCH3 is 2. The highest BCUT2D eigenvalue weighted by Gasteiger charge is 2.34. The quantitative estimate of drug-likeness (QED) is 0.209. The van der Waals surface area contributed by atoms with Crippen molar-refractivity contribution in [2.24, 2.45) is 0 Å². The molecule has 9 nitrogen and oxygen atoms in total. The van der Waals surface area contributed by atoms with Crippen molar-refractivity contribution in [1.29, 1.82) is 0 Å². The van der Waals surface area contributed by atoms with Crippen molar-refractivity contribution in [1.82, 2.24) is 10.2 Å². The zero-order valence-electron chi connectivity index (χ0n) is 25.9. The first-order chi connectivity index (χ1) is 21.6. The SMILES string of the molecule is COc1ccc(N(CC(=O)N(Cc2cccc(OC)c2)[C@H](Cc2ccccc2)C(=O)NC(C)C)S(=O)(=O)c2ccccc2)cc1. The summed E-state index contributed by atoms with van der Waals surface area (Å²) in [7, 11) is -1.12. The Kier molecular flexibility index (Phi) is 11.2. The second kappa shape index (κ2) is 15.3. The van der Waals surface area contributed by atoms with Crippen molar-refractivity contribution >= 4 is 27.5 Å². The number of ether oxygens (including phenoxy) is 2. The Morgan fingerprint density at radius 2 is 1.36 bits per heavy atom. The maximum Gasteiger partial charge on any atom is 0.264 e. The molecule has 0 spiro atoms. The topological polar surface area (TPSA) is 105 Å². The molecule has 2 amide bonds. The van der Waals surface area contributed by atoms with Crippen LogP contribution < -0.4 is 19.1 Å². The lowest BCUT2D eigenvalue weighted by atomic mass is 10.0. The summed E-state index contributed by atoms with van der Waals surface area (Å²) in [6.45, 7) is 3.20. The number of nitrogens with zero attached hydrogens (tertiary/aromatic N) is 2. The molecule has 1 atom stereocenters. The molecule has 0 saturated carbocycles. The van der Waals surface area contributed by atoms with Gasteiger partial charge in [-0.15, -0.1) is 0 Å². The third kappa shape index (κ3) is 8.63. The molecule has 4 aromatic rings. The highest BCUT2D eigenvalue weighted by molar-refractivity contribution is 7.92. The summed E-state index contributed by atoms with van der Waals surface area (Å²) in [5, 5.41) is 2.96. The number of sulfonamides is 1. The predicted octanol–water partition coefficient (Wildman–Crippen LogP) is 5.06. The molecule has 0 aliphatic heterocycles. The number of carbonyl (C=O) groups excluding carboxylic acids is 2. The normalized spacial score (nSPS) is 11.8. The number of anilines is 1. The van der Waals surface area contributed by atoms with E-state index >= 15 is 0 Å². The zero-order chi connectivity index (χ0) is 32.4. The van der Waals surface area contributed by atoms with Crippen LogP contribution in [0.25, 0.3) is 0 Å². The van der Waals surface area contributed by atoms with Crippen molar-refractivity contribution in [2.45, 2.75) is 43.8 Å². The predicted molar refractivity (Wildman–Crippen MR) is 175 cm³/mol. The van der Waals surface area contributed by atoms with Crippen molar-refractivity contribution in [3.63, 3.8) is 0 Å². The molecular weight excluding hydrogens is 590 g/mol. The van der Waals surface area contributed by atoms with Gasteiger partial charge in [0.1, 0.15) is 24.1 Å². The van der Waals surface area contributed by atoms with Gasteiger partial charge in [0.25, 0.3) is 10.0 Å². The largest absolute Gasteiger partial charge is 0.497 e. The number of amides is 2. The summed E-state index contributed by atoms with van der Waals surface area (Å²) in [6, 6.07) is 29.9. The van der Waals surface area contributed by atoms with Gasteiger partial charge in [0.2, 0.25) is 11.8 Å². The fourth-order valence-electron chi connectivity index (χ4n) is 4.90. The van der Waals surface area contributed by atoms with E-state index in [0.717, 1.165) is 15.4 Å². The summed E-state index contributed by atoms with van der Waals surface area (Å²) in [5.74, 6) is 0.243. The molecule has 4 aromatic carbocycles. The number of nitrogens with one attached hydrogen (secondary N) is 1. The molecule has 0 unspecified atom stereocenters. The molecule has 0 fully saturated rings. The minimum absolute atomic E-state index is 0.0337. The lowest BCUT2D eigenvalue weighted by molar-refractivity contribution is -0.140. The van der Waals surface area contributed by atoms with Crippen LogP contribution in [0.2, 0.25) is 0 Å². The first-order valence-electron chi connectivity index (χ1n) is 14.6. The minimum Gasteiger partial charge on any atom is -0.497 e. The Bertz CT molecular complexity index is 1660. The van der Waals surface area contributed by atoms with Crippen LogP contribution in [0.1, 0.15) is 25.0 Å². The Labute approximate surface area is 265 Å². The lowest BCUT2D eigenvalue weighted by Gasteiger charge is -2.34. The Balaban J connectivity index is 1.81. The van der Waals surface area contributed by atoms with Crippen LogP contribution >= 0.6 is 0 Å². The van der Waals surface area contributed by atoms with E-state index in [1.54, 1.807) is 67.8 Å². The average Bonchev–Trinajstić information content (AvgIpc) is 3.05. The van der Waals surface area contributed by atoms with Crippen molar-refractivity contribution in [3.8, 4) is 11.5 Å². The van der Waals surface area contributed by atoms with E-state index in [-0.39, 0.29) is 35.5 Å². The molecule has 1 N–H and O–H groups in total. The molecule has 0 aliphatic rings. The summed E-state index contributed by atoms with van der Waals surface area (Å²) < 4.78 is 39.9. The summed E-state index contributed by atoms with van der Waals surface area (Å²) in [5.41, 5.74) is 1.86. The smallest absolute Gasteiger partial charge is 0.264 e. The fourth-order valence-corrected chi connectivity index (χ4v) is 6.33. The van der Waals surface area contributed by atoms with Gasteiger partial charge in [-0.3, -0.25) is 13.9 Å². The van der Waals surface area contributed by atoms with Gasteiger partial charge >= 0.3 is 0 Å². The third-order valence-corrected chi connectivity index (χ3v) is 8.95. The zero-order valence-corrected chi connectivity index (χ0v) is 26.7. The molecule has 0 saturated heterocycles. The molecule has 4 rings (SSSR count). The van der Waals surface area contributed by atoms with E-state index in [2.05, 4.69) is 5.32 Å². The average molecular weight is 630 g/mol. The van der Waals surface area contributed by atoms with Gasteiger partial charge in [0.05, 0.1) is 24.8 Å². The third-order valence-electron chi connectivity index (χ3n) is 7.16. The Hall–Kier alpha value is -4.83. The van der Waals surface area contributed by atoms with Gasteiger partial charge < -0.3 is 19.7 Å². The monoisotopic (exact) mass is 629 g/mol. The number of hydrogen-bond donors (Lipinski definition) is 1. The van der Waals surface area contributed by atoms with E-state index in [1.165, 1.54) is 24.1 Å². The molecule has 0 radical (unpaired) electrons. The highest BCUT2D eigenvalue weighted by atomic mass is 32.2. The molecule has 0 aliphatic carbocycles. The van der Waals surface area contributed by atoms with Gasteiger partial charge in [-0.2, -0.15) is 0 Å². The summed E-state index contributed by atoms with van der Waals surface area (Å²) in [4.78, 5) is 29.8. The van der Waals surface area contributed by atoms with E-state index in [9.17, 15) is 18.0 Å². The minimum atomic E-state index is -4.19. The van der Waals surface area contributed by atoms with E-state index in [4.69, 9.17) is 9.47 Å². The highest BCUT2D eigenvalue weighted by Crippen LogP contribution is 2.27. The molecule has 236 valence electrons. The van der Waals surface area contributed by atoms with Gasteiger partial charge in [0.15, 0.2) is 0 Å². The van der Waals surface area contributed by atoms with Gasteiger partial charge in [-0.25, -0.2) is 8.42 Å². The molecule has 45 heavy (non-hydrogen) atoms. The fraction of sp³-hybridized carbons (Fsp3) is 0.257. The van der Waals surface area contributed by atoms with Crippen LogP contribution in [0.15, 0.2) is 114 Å². The first-order valence-corrected chi connectivity index (χ1v) is 16.0. The van der Waals surface area contributed by atoms with Gasteiger partial charge in [-0.1, -0.05) is 60.7 Å². The van der Waals surface area contributed by atoms with Crippen LogP contribution in [0, 0.1) is 0 Å². The standard InChI is InChI=1S/C35H39N3O6S/c1-26(2)36-35(40)33(23-27-12-7-5-8-13-27)37(24-28-14-11-15-31(22-28)44-4)34(39)25-38(29-18-20-30(43-3)21-19-29)45(41,42)32-16-9-6-10-17-32/h5-22,26,33H,23-25H2,1-4H3,(H,36,40)/t33-/m1/s1. The van der Waals surface area contributed by atoms with Crippen molar-refractivity contribution in [3.05, 3.63) is 120 Å².